The zero-order valence-corrected chi connectivity index (χ0v) is 9.49. The molecule has 16 heavy (non-hydrogen) atoms. The van der Waals surface area contributed by atoms with Gasteiger partial charge in [-0.15, -0.1) is 0 Å². The Morgan fingerprint density at radius 1 is 1.31 bits per heavy atom. The third-order valence-corrected chi connectivity index (χ3v) is 3.42. The first-order chi connectivity index (χ1) is 6.95. The molecule has 0 radical (unpaired) electrons. The van der Waals surface area contributed by atoms with E-state index in [1.165, 1.54) is 24.3 Å². The Morgan fingerprint density at radius 3 is 2.25 bits per heavy atom. The average Bonchev–Trinajstić information content (AvgIpc) is 2.17. The third kappa shape index (κ3) is 4.43. The number of hydrogen-bond acceptors (Lipinski definition) is 4. The predicted octanol–water partition coefficient (Wildman–Crippen LogP) is 1.25. The number of aromatic hydroxyl groups is 1. The molecule has 0 aliphatic heterocycles. The second-order valence-electron chi connectivity index (χ2n) is 3.26. The van der Waals surface area contributed by atoms with Crippen molar-refractivity contribution in [3.8, 4) is 5.75 Å². The van der Waals surface area contributed by atoms with Gasteiger partial charge in [0.2, 0.25) is 0 Å². The number of rotatable bonds is 4. The molecule has 86 valence electrons. The van der Waals surface area contributed by atoms with Crippen molar-refractivity contribution in [2.24, 2.45) is 0 Å². The van der Waals surface area contributed by atoms with E-state index < -0.39 is 10.1 Å². The minimum absolute atomic E-state index is 0. The fraction of sp³-hybridized carbons (Fsp3) is 0.400. The molecule has 6 heteroatoms. The Hall–Kier alpha value is -0.0700. The van der Waals surface area contributed by atoms with E-state index in [2.05, 4.69) is 0 Å². The Balaban J connectivity index is 0.00000225. The van der Waals surface area contributed by atoms with Crippen molar-refractivity contribution in [3.05, 3.63) is 24.3 Å². The second-order valence-corrected chi connectivity index (χ2v) is 4.84. The Kier molecular flexibility index (Phi) is 6.58. The van der Waals surface area contributed by atoms with Crippen LogP contribution in [0, 0.1) is 0 Å². The summed E-state index contributed by atoms with van der Waals surface area (Å²) in [7, 11) is -3.70. The Labute approximate surface area is 118 Å². The first kappa shape index (κ1) is 15.9. The molecular weight excluding hydrogens is 239 g/mol. The van der Waals surface area contributed by atoms with Crippen molar-refractivity contribution in [2.45, 2.75) is 31.3 Å². The summed E-state index contributed by atoms with van der Waals surface area (Å²) in [6.07, 6.45) is 0.279. The van der Waals surface area contributed by atoms with Gasteiger partial charge >= 0.3 is 29.6 Å². The van der Waals surface area contributed by atoms with E-state index in [0.29, 0.717) is 6.42 Å². The maximum atomic E-state index is 11.6. The van der Waals surface area contributed by atoms with E-state index in [1.54, 1.807) is 6.92 Å². The molecule has 1 rings (SSSR count). The van der Waals surface area contributed by atoms with Crippen LogP contribution in [0.3, 0.4) is 0 Å². The topological polar surface area (TPSA) is 63.6 Å². The molecule has 0 aromatic heterocycles. The van der Waals surface area contributed by atoms with Gasteiger partial charge in [0.05, 0.1) is 11.0 Å². The van der Waals surface area contributed by atoms with Crippen LogP contribution in [-0.2, 0) is 14.3 Å². The predicted molar refractivity (Wildman–Crippen MR) is 63.3 cm³/mol. The Bertz CT molecular complexity index is 413. The molecule has 0 fully saturated rings. The summed E-state index contributed by atoms with van der Waals surface area (Å²) in [5.41, 5.74) is 0. The van der Waals surface area contributed by atoms with E-state index in [4.69, 9.17) is 9.29 Å². The van der Waals surface area contributed by atoms with E-state index in [-0.39, 0.29) is 46.3 Å². The molecule has 0 heterocycles. The molecule has 1 aromatic carbocycles. The van der Waals surface area contributed by atoms with Crippen molar-refractivity contribution in [3.63, 3.8) is 0 Å². The van der Waals surface area contributed by atoms with Crippen molar-refractivity contribution >= 4 is 39.7 Å². The summed E-state index contributed by atoms with van der Waals surface area (Å²) < 4.78 is 28.1. The summed E-state index contributed by atoms with van der Waals surface area (Å²) in [4.78, 5) is 0.0561. The SMILES string of the molecule is CCC(C)OS(=O)(=O)c1ccc(O)cc1.[NaH]. The van der Waals surface area contributed by atoms with E-state index >= 15 is 0 Å². The number of hydrogen-bond donors (Lipinski definition) is 1. The summed E-state index contributed by atoms with van der Waals surface area (Å²) in [5.74, 6) is 0.0255. The zero-order valence-electron chi connectivity index (χ0n) is 8.67. The molecule has 4 nitrogen and oxygen atoms in total. The second kappa shape index (κ2) is 6.61. The molecule has 1 N–H and O–H groups in total. The van der Waals surface area contributed by atoms with Crippen LogP contribution in [0.2, 0.25) is 0 Å². The summed E-state index contributed by atoms with van der Waals surface area (Å²) in [6.45, 7) is 3.54. The van der Waals surface area contributed by atoms with E-state index in [1.807, 2.05) is 6.92 Å². The van der Waals surface area contributed by atoms with Crippen molar-refractivity contribution in [1.29, 1.82) is 0 Å². The van der Waals surface area contributed by atoms with Gasteiger partial charge in [-0.05, 0) is 37.6 Å². The number of phenolic OH excluding ortho intramolecular Hbond substituents is 1. The summed E-state index contributed by atoms with van der Waals surface area (Å²) in [5, 5.41) is 9.01. The van der Waals surface area contributed by atoms with Crippen LogP contribution in [0.1, 0.15) is 20.3 Å². The number of phenols is 1. The van der Waals surface area contributed by atoms with Crippen LogP contribution in [-0.4, -0.2) is 49.2 Å². The molecule has 0 saturated carbocycles. The maximum absolute atomic E-state index is 11.6. The van der Waals surface area contributed by atoms with Gasteiger partial charge in [0.15, 0.2) is 0 Å². The van der Waals surface area contributed by atoms with Crippen LogP contribution >= 0.6 is 0 Å². The average molecular weight is 254 g/mol. The molecule has 0 bridgehead atoms. The van der Waals surface area contributed by atoms with Crippen molar-refractivity contribution < 1.29 is 17.7 Å². The van der Waals surface area contributed by atoms with Gasteiger partial charge in [-0.3, -0.25) is 4.18 Å². The fourth-order valence-corrected chi connectivity index (χ4v) is 2.10. The van der Waals surface area contributed by atoms with E-state index in [9.17, 15) is 8.42 Å². The Morgan fingerprint density at radius 2 is 1.81 bits per heavy atom. The standard InChI is InChI=1S/C10H14O4S.Na.H/c1-3-8(2)14-15(12,13)10-6-4-9(11)5-7-10;;/h4-8,11H,3H2,1-2H3;;. The van der Waals surface area contributed by atoms with Crippen molar-refractivity contribution in [1.82, 2.24) is 0 Å². The van der Waals surface area contributed by atoms with Crippen molar-refractivity contribution in [2.75, 3.05) is 0 Å². The van der Waals surface area contributed by atoms with Gasteiger partial charge in [-0.2, -0.15) is 8.42 Å². The minimum atomic E-state index is -3.70. The molecule has 1 atom stereocenters. The van der Waals surface area contributed by atoms with Gasteiger partial charge in [-0.1, -0.05) is 6.92 Å². The monoisotopic (exact) mass is 254 g/mol. The van der Waals surface area contributed by atoms with Crippen LogP contribution in [0.5, 0.6) is 5.75 Å². The first-order valence-electron chi connectivity index (χ1n) is 4.68. The van der Waals surface area contributed by atoms with Crippen LogP contribution in [0.25, 0.3) is 0 Å². The molecule has 0 spiro atoms. The fourth-order valence-electron chi connectivity index (χ4n) is 0.953. The van der Waals surface area contributed by atoms with Gasteiger partial charge in [-0.25, -0.2) is 0 Å². The van der Waals surface area contributed by atoms with Crippen LogP contribution < -0.4 is 0 Å². The zero-order chi connectivity index (χ0) is 11.5. The quantitative estimate of drug-likeness (QED) is 0.648. The first-order valence-corrected chi connectivity index (χ1v) is 6.09. The molecule has 0 aliphatic rings. The summed E-state index contributed by atoms with van der Waals surface area (Å²) in [6, 6.07) is 5.25. The van der Waals surface area contributed by atoms with Gasteiger partial charge < -0.3 is 5.11 Å². The molecule has 0 amide bonds. The molecule has 0 saturated heterocycles. The van der Waals surface area contributed by atoms with Crippen LogP contribution in [0.15, 0.2) is 29.2 Å². The van der Waals surface area contributed by atoms with E-state index in [0.717, 1.165) is 0 Å². The van der Waals surface area contributed by atoms with Gasteiger partial charge in [0.25, 0.3) is 10.1 Å². The molecule has 1 unspecified atom stereocenters. The normalized spacial score (nSPS) is 12.9. The molecule has 0 aliphatic carbocycles. The number of benzene rings is 1. The molecular formula is C10H15NaO4S. The third-order valence-electron chi connectivity index (χ3n) is 1.99. The van der Waals surface area contributed by atoms with Gasteiger partial charge in [0, 0.05) is 0 Å². The molecule has 1 aromatic rings. The van der Waals surface area contributed by atoms with Gasteiger partial charge in [0.1, 0.15) is 5.75 Å². The van der Waals surface area contributed by atoms with Crippen LogP contribution in [0.4, 0.5) is 0 Å². The summed E-state index contributed by atoms with van der Waals surface area (Å²) >= 11 is 0.